The normalized spacial score (nSPS) is 11.4. The van der Waals surface area contributed by atoms with E-state index in [1.165, 1.54) is 12.1 Å². The van der Waals surface area contributed by atoms with Gasteiger partial charge in [-0.2, -0.15) is 13.2 Å². The van der Waals surface area contributed by atoms with Gasteiger partial charge in [-0.15, -0.1) is 0 Å². The molecule has 0 spiro atoms. The van der Waals surface area contributed by atoms with Crippen LogP contribution in [0.3, 0.4) is 0 Å². The highest BCUT2D eigenvalue weighted by molar-refractivity contribution is 6.35. The van der Waals surface area contributed by atoms with E-state index >= 15 is 0 Å². The molecule has 0 saturated carbocycles. The first kappa shape index (κ1) is 19.6. The molecular weight excluding hydrogens is 376 g/mol. The molecule has 0 aromatic heterocycles. The number of anilines is 1. The van der Waals surface area contributed by atoms with Gasteiger partial charge >= 0.3 is 6.18 Å². The van der Waals surface area contributed by atoms with Crippen LogP contribution in [0, 0.1) is 0 Å². The van der Waals surface area contributed by atoms with E-state index in [2.05, 4.69) is 10.6 Å². The number of benzene rings is 2. The van der Waals surface area contributed by atoms with Crippen molar-refractivity contribution >= 4 is 34.8 Å². The van der Waals surface area contributed by atoms with Gasteiger partial charge < -0.3 is 10.6 Å². The van der Waals surface area contributed by atoms with E-state index in [1.807, 2.05) is 0 Å². The second-order valence-corrected chi connectivity index (χ2v) is 6.13. The first-order valence-electron chi connectivity index (χ1n) is 7.37. The van der Waals surface area contributed by atoms with Gasteiger partial charge in [0.2, 0.25) is 5.91 Å². The topological polar surface area (TPSA) is 41.1 Å². The predicted octanol–water partition coefficient (Wildman–Crippen LogP) is 4.78. The van der Waals surface area contributed by atoms with Crippen molar-refractivity contribution in [2.45, 2.75) is 12.6 Å². The van der Waals surface area contributed by atoms with Crippen molar-refractivity contribution in [1.82, 2.24) is 5.32 Å². The van der Waals surface area contributed by atoms with Crippen LogP contribution in [0.2, 0.25) is 10.0 Å². The lowest BCUT2D eigenvalue weighted by Gasteiger charge is -2.10. The molecule has 2 aromatic rings. The highest BCUT2D eigenvalue weighted by atomic mass is 35.5. The molecule has 0 bridgehead atoms. The summed E-state index contributed by atoms with van der Waals surface area (Å²) in [7, 11) is 0. The van der Waals surface area contributed by atoms with Crippen molar-refractivity contribution in [3.8, 4) is 0 Å². The van der Waals surface area contributed by atoms with Crippen LogP contribution in [0.25, 0.3) is 0 Å². The molecule has 2 N–H and O–H groups in total. The Morgan fingerprint density at radius 3 is 2.52 bits per heavy atom. The van der Waals surface area contributed by atoms with Crippen LogP contribution < -0.4 is 10.6 Å². The standard InChI is InChI=1S/C17H15Cl2F3N2O/c18-13-5-4-11(15(19)9-13)6-7-23-10-16(25)24-14-3-1-2-12(8-14)17(20,21)22/h1-5,8-9,23H,6-7,10H2,(H,24,25). The third-order valence-electron chi connectivity index (χ3n) is 3.35. The molecule has 1 amide bonds. The summed E-state index contributed by atoms with van der Waals surface area (Å²) in [6.07, 6.45) is -3.86. The van der Waals surface area contributed by atoms with Crippen LogP contribution in [-0.4, -0.2) is 19.0 Å². The Morgan fingerprint density at radius 1 is 1.08 bits per heavy atom. The van der Waals surface area contributed by atoms with Crippen molar-refractivity contribution in [1.29, 1.82) is 0 Å². The number of hydrogen-bond donors (Lipinski definition) is 2. The Morgan fingerprint density at radius 2 is 1.84 bits per heavy atom. The van der Waals surface area contributed by atoms with E-state index in [4.69, 9.17) is 23.2 Å². The molecule has 0 aliphatic heterocycles. The summed E-state index contributed by atoms with van der Waals surface area (Å²) in [6.45, 7) is 0.457. The largest absolute Gasteiger partial charge is 0.416 e. The van der Waals surface area contributed by atoms with Crippen molar-refractivity contribution in [3.63, 3.8) is 0 Å². The van der Waals surface area contributed by atoms with Crippen LogP contribution in [0.15, 0.2) is 42.5 Å². The SMILES string of the molecule is O=C(CNCCc1ccc(Cl)cc1Cl)Nc1cccc(C(F)(F)F)c1. The van der Waals surface area contributed by atoms with Gasteiger partial charge in [-0.05, 0) is 48.9 Å². The van der Waals surface area contributed by atoms with Crippen LogP contribution in [0.4, 0.5) is 18.9 Å². The molecule has 25 heavy (non-hydrogen) atoms. The maximum atomic E-state index is 12.6. The van der Waals surface area contributed by atoms with Gasteiger partial charge in [-0.1, -0.05) is 35.3 Å². The van der Waals surface area contributed by atoms with Gasteiger partial charge in [0, 0.05) is 15.7 Å². The molecule has 3 nitrogen and oxygen atoms in total. The average molecular weight is 391 g/mol. The van der Waals surface area contributed by atoms with Crippen LogP contribution in [0.1, 0.15) is 11.1 Å². The maximum absolute atomic E-state index is 12.6. The number of hydrogen-bond acceptors (Lipinski definition) is 2. The van der Waals surface area contributed by atoms with Gasteiger partial charge in [0.05, 0.1) is 12.1 Å². The third kappa shape index (κ3) is 6.23. The van der Waals surface area contributed by atoms with Gasteiger partial charge in [-0.3, -0.25) is 4.79 Å². The zero-order valence-electron chi connectivity index (χ0n) is 13.0. The van der Waals surface area contributed by atoms with Crippen molar-refractivity contribution < 1.29 is 18.0 Å². The first-order chi connectivity index (χ1) is 11.8. The Labute approximate surface area is 153 Å². The molecule has 0 atom stereocenters. The number of alkyl halides is 3. The van der Waals surface area contributed by atoms with E-state index in [-0.39, 0.29) is 12.2 Å². The summed E-state index contributed by atoms with van der Waals surface area (Å²) < 4.78 is 37.9. The number of amides is 1. The smallest absolute Gasteiger partial charge is 0.325 e. The molecule has 0 radical (unpaired) electrons. The van der Waals surface area contributed by atoms with Crippen molar-refractivity contribution in [3.05, 3.63) is 63.6 Å². The second-order valence-electron chi connectivity index (χ2n) is 5.29. The molecule has 0 aliphatic rings. The van der Waals surface area contributed by atoms with Crippen molar-refractivity contribution in [2.24, 2.45) is 0 Å². The van der Waals surface area contributed by atoms with Crippen LogP contribution in [-0.2, 0) is 17.4 Å². The number of carbonyl (C=O) groups is 1. The number of halogens is 5. The monoisotopic (exact) mass is 390 g/mol. The van der Waals surface area contributed by atoms with E-state index in [0.29, 0.717) is 23.0 Å². The summed E-state index contributed by atoms with van der Waals surface area (Å²) in [6, 6.07) is 9.65. The lowest BCUT2D eigenvalue weighted by molar-refractivity contribution is -0.137. The second kappa shape index (κ2) is 8.56. The molecule has 0 heterocycles. The fourth-order valence-electron chi connectivity index (χ4n) is 2.13. The summed E-state index contributed by atoms with van der Waals surface area (Å²) in [5, 5.41) is 6.43. The molecule has 134 valence electrons. The average Bonchev–Trinajstić information content (AvgIpc) is 2.52. The fourth-order valence-corrected chi connectivity index (χ4v) is 2.63. The van der Waals surface area contributed by atoms with Gasteiger partial charge in [0.25, 0.3) is 0 Å². The maximum Gasteiger partial charge on any atom is 0.416 e. The van der Waals surface area contributed by atoms with Crippen molar-refractivity contribution in [2.75, 3.05) is 18.4 Å². The minimum absolute atomic E-state index is 0.0263. The summed E-state index contributed by atoms with van der Waals surface area (Å²) >= 11 is 11.9. The quantitative estimate of drug-likeness (QED) is 0.696. The lowest BCUT2D eigenvalue weighted by atomic mass is 10.1. The predicted molar refractivity (Wildman–Crippen MR) is 93.1 cm³/mol. The fraction of sp³-hybridized carbons (Fsp3) is 0.235. The third-order valence-corrected chi connectivity index (χ3v) is 3.93. The Balaban J connectivity index is 1.79. The van der Waals surface area contributed by atoms with E-state index in [1.54, 1.807) is 18.2 Å². The molecule has 0 fully saturated rings. The molecule has 2 rings (SSSR count). The number of carbonyl (C=O) groups excluding carboxylic acids is 1. The van der Waals surface area contributed by atoms with Gasteiger partial charge in [0.15, 0.2) is 0 Å². The lowest BCUT2D eigenvalue weighted by Crippen LogP contribution is -2.29. The Hall–Kier alpha value is -1.76. The number of nitrogens with one attached hydrogen (secondary N) is 2. The Kier molecular flexibility index (Phi) is 6.70. The molecule has 0 saturated heterocycles. The Bertz CT molecular complexity index is 751. The highest BCUT2D eigenvalue weighted by Gasteiger charge is 2.30. The number of rotatable bonds is 6. The molecule has 0 aliphatic carbocycles. The first-order valence-corrected chi connectivity index (χ1v) is 8.13. The zero-order chi connectivity index (χ0) is 18.4. The summed E-state index contributed by atoms with van der Waals surface area (Å²) in [4.78, 5) is 11.8. The minimum atomic E-state index is -4.45. The highest BCUT2D eigenvalue weighted by Crippen LogP contribution is 2.30. The molecule has 2 aromatic carbocycles. The molecule has 0 unspecified atom stereocenters. The van der Waals surface area contributed by atoms with E-state index in [0.717, 1.165) is 17.7 Å². The van der Waals surface area contributed by atoms with Gasteiger partial charge in [-0.25, -0.2) is 0 Å². The molecular formula is C17H15Cl2F3N2O. The van der Waals surface area contributed by atoms with E-state index < -0.39 is 17.6 Å². The molecule has 8 heteroatoms. The van der Waals surface area contributed by atoms with Gasteiger partial charge in [0.1, 0.15) is 0 Å². The minimum Gasteiger partial charge on any atom is -0.325 e. The summed E-state index contributed by atoms with van der Waals surface area (Å²) in [5.74, 6) is -0.429. The zero-order valence-corrected chi connectivity index (χ0v) is 14.5. The van der Waals surface area contributed by atoms with Crippen LogP contribution in [0.5, 0.6) is 0 Å². The summed E-state index contributed by atoms with van der Waals surface area (Å²) in [5.41, 5.74) is 0.176. The van der Waals surface area contributed by atoms with Crippen LogP contribution >= 0.6 is 23.2 Å². The van der Waals surface area contributed by atoms with E-state index in [9.17, 15) is 18.0 Å².